The molecule has 1 aromatic rings. The summed E-state index contributed by atoms with van der Waals surface area (Å²) in [5.41, 5.74) is 0.174. The van der Waals surface area contributed by atoms with Crippen molar-refractivity contribution in [1.29, 1.82) is 0 Å². The van der Waals surface area contributed by atoms with Gasteiger partial charge >= 0.3 is 5.97 Å². The number of carbonyl (C=O) groups is 2. The summed E-state index contributed by atoms with van der Waals surface area (Å²) >= 11 is 0. The lowest BCUT2D eigenvalue weighted by atomic mass is 9.93. The second kappa shape index (κ2) is 5.40. The summed E-state index contributed by atoms with van der Waals surface area (Å²) < 4.78 is 0. The van der Waals surface area contributed by atoms with Crippen LogP contribution in [-0.4, -0.2) is 29.1 Å². The van der Waals surface area contributed by atoms with Gasteiger partial charge < -0.3 is 15.7 Å². The Labute approximate surface area is 112 Å². The van der Waals surface area contributed by atoms with Gasteiger partial charge in [0.15, 0.2) is 0 Å². The van der Waals surface area contributed by atoms with Crippen LogP contribution in [0, 0.1) is 0 Å². The predicted octanol–water partition coefficient (Wildman–Crippen LogP) is 1.86. The summed E-state index contributed by atoms with van der Waals surface area (Å²) in [7, 11) is 0. The summed E-state index contributed by atoms with van der Waals surface area (Å²) in [5, 5.41) is 15.0. The fourth-order valence-electron chi connectivity index (χ4n) is 2.44. The molecule has 0 aliphatic carbocycles. The standard InChI is InChI=1S/C14H18N2O3/c1-2-14(7-4-8-15-14)13(19)16-11-6-3-5-10(9-11)12(17)18/h3,5-6,9,15H,2,4,7-8H2,1H3,(H,16,19)(H,17,18). The van der Waals surface area contributed by atoms with Crippen molar-refractivity contribution in [2.45, 2.75) is 31.7 Å². The summed E-state index contributed by atoms with van der Waals surface area (Å²) in [4.78, 5) is 23.2. The molecule has 0 spiro atoms. The monoisotopic (exact) mass is 262 g/mol. The van der Waals surface area contributed by atoms with Gasteiger partial charge in [-0.3, -0.25) is 4.79 Å². The van der Waals surface area contributed by atoms with E-state index in [0.717, 1.165) is 25.8 Å². The second-order valence-electron chi connectivity index (χ2n) is 4.81. The molecule has 1 aliphatic heterocycles. The van der Waals surface area contributed by atoms with Crippen LogP contribution in [0.25, 0.3) is 0 Å². The van der Waals surface area contributed by atoms with Gasteiger partial charge in [0, 0.05) is 5.69 Å². The average molecular weight is 262 g/mol. The summed E-state index contributed by atoms with van der Waals surface area (Å²) in [5.74, 6) is -1.09. The molecule has 19 heavy (non-hydrogen) atoms. The lowest BCUT2D eigenvalue weighted by molar-refractivity contribution is -0.122. The lowest BCUT2D eigenvalue weighted by Crippen LogP contribution is -2.50. The average Bonchev–Trinajstić information content (AvgIpc) is 2.89. The quantitative estimate of drug-likeness (QED) is 0.774. The molecule has 1 aromatic carbocycles. The van der Waals surface area contributed by atoms with E-state index in [-0.39, 0.29) is 11.5 Å². The molecule has 1 amide bonds. The summed E-state index contributed by atoms with van der Waals surface area (Å²) in [6, 6.07) is 6.29. The molecule has 5 heteroatoms. The summed E-state index contributed by atoms with van der Waals surface area (Å²) in [6.45, 7) is 2.82. The van der Waals surface area contributed by atoms with Crippen molar-refractivity contribution in [2.24, 2.45) is 0 Å². The molecule has 1 fully saturated rings. The van der Waals surface area contributed by atoms with Crippen molar-refractivity contribution < 1.29 is 14.7 Å². The minimum absolute atomic E-state index is 0.0879. The van der Waals surface area contributed by atoms with Gasteiger partial charge in [0.25, 0.3) is 0 Å². The Balaban J connectivity index is 2.14. The zero-order valence-corrected chi connectivity index (χ0v) is 10.9. The highest BCUT2D eigenvalue weighted by Gasteiger charge is 2.39. The predicted molar refractivity (Wildman–Crippen MR) is 72.3 cm³/mol. The van der Waals surface area contributed by atoms with Crippen molar-refractivity contribution in [1.82, 2.24) is 5.32 Å². The van der Waals surface area contributed by atoms with E-state index < -0.39 is 11.5 Å². The van der Waals surface area contributed by atoms with E-state index in [1.165, 1.54) is 12.1 Å². The Hall–Kier alpha value is -1.88. The molecular formula is C14H18N2O3. The first-order valence-corrected chi connectivity index (χ1v) is 6.47. The third-order valence-electron chi connectivity index (χ3n) is 3.65. The van der Waals surface area contributed by atoms with Crippen LogP contribution in [0.2, 0.25) is 0 Å². The van der Waals surface area contributed by atoms with Crippen LogP contribution < -0.4 is 10.6 Å². The van der Waals surface area contributed by atoms with Gasteiger partial charge in [0.2, 0.25) is 5.91 Å². The van der Waals surface area contributed by atoms with Gasteiger partial charge in [-0.1, -0.05) is 13.0 Å². The fraction of sp³-hybridized carbons (Fsp3) is 0.429. The van der Waals surface area contributed by atoms with Crippen LogP contribution in [0.15, 0.2) is 24.3 Å². The Kier molecular flexibility index (Phi) is 3.85. The molecule has 3 N–H and O–H groups in total. The molecule has 1 aliphatic rings. The van der Waals surface area contributed by atoms with Crippen molar-refractivity contribution in [3.05, 3.63) is 29.8 Å². The first-order valence-electron chi connectivity index (χ1n) is 6.47. The smallest absolute Gasteiger partial charge is 0.335 e. The molecule has 0 radical (unpaired) electrons. The maximum atomic E-state index is 12.3. The molecule has 0 bridgehead atoms. The molecule has 1 heterocycles. The zero-order valence-electron chi connectivity index (χ0n) is 10.9. The minimum Gasteiger partial charge on any atom is -0.478 e. The lowest BCUT2D eigenvalue weighted by Gasteiger charge is -2.26. The number of carboxylic acid groups (broad SMARTS) is 1. The van der Waals surface area contributed by atoms with Gasteiger partial charge in [0.1, 0.15) is 0 Å². The van der Waals surface area contributed by atoms with Crippen molar-refractivity contribution in [2.75, 3.05) is 11.9 Å². The summed E-state index contributed by atoms with van der Waals surface area (Å²) in [6.07, 6.45) is 2.52. The number of rotatable bonds is 4. The van der Waals surface area contributed by atoms with E-state index in [2.05, 4.69) is 10.6 Å². The van der Waals surface area contributed by atoms with E-state index in [0.29, 0.717) is 5.69 Å². The van der Waals surface area contributed by atoms with Crippen molar-refractivity contribution >= 4 is 17.6 Å². The third-order valence-corrected chi connectivity index (χ3v) is 3.65. The number of nitrogens with one attached hydrogen (secondary N) is 2. The second-order valence-corrected chi connectivity index (χ2v) is 4.81. The Morgan fingerprint density at radius 3 is 2.84 bits per heavy atom. The van der Waals surface area contributed by atoms with E-state index in [1.807, 2.05) is 6.92 Å². The minimum atomic E-state index is -1.000. The zero-order chi connectivity index (χ0) is 13.9. The van der Waals surface area contributed by atoms with Gasteiger partial charge in [-0.2, -0.15) is 0 Å². The number of aromatic carboxylic acids is 1. The molecule has 0 aromatic heterocycles. The van der Waals surface area contributed by atoms with Crippen molar-refractivity contribution in [3.63, 3.8) is 0 Å². The molecule has 5 nitrogen and oxygen atoms in total. The van der Waals surface area contributed by atoms with Crippen LogP contribution >= 0.6 is 0 Å². The van der Waals surface area contributed by atoms with E-state index in [9.17, 15) is 9.59 Å². The Morgan fingerprint density at radius 2 is 2.26 bits per heavy atom. The Bertz CT molecular complexity index is 493. The molecule has 1 unspecified atom stereocenters. The largest absolute Gasteiger partial charge is 0.478 e. The highest BCUT2D eigenvalue weighted by Crippen LogP contribution is 2.25. The van der Waals surface area contributed by atoms with E-state index >= 15 is 0 Å². The molecule has 2 rings (SSSR count). The molecule has 1 saturated heterocycles. The highest BCUT2D eigenvalue weighted by molar-refractivity contribution is 5.99. The van der Waals surface area contributed by atoms with Crippen LogP contribution in [0.3, 0.4) is 0 Å². The Morgan fingerprint density at radius 1 is 1.47 bits per heavy atom. The molecule has 102 valence electrons. The van der Waals surface area contributed by atoms with Crippen LogP contribution in [0.1, 0.15) is 36.5 Å². The number of benzene rings is 1. The van der Waals surface area contributed by atoms with Crippen LogP contribution in [-0.2, 0) is 4.79 Å². The molecule has 0 saturated carbocycles. The SMILES string of the molecule is CCC1(C(=O)Nc2cccc(C(=O)O)c2)CCCN1. The number of amides is 1. The molecular weight excluding hydrogens is 244 g/mol. The number of anilines is 1. The number of carbonyl (C=O) groups excluding carboxylic acids is 1. The van der Waals surface area contributed by atoms with Gasteiger partial charge in [-0.05, 0) is 44.0 Å². The topological polar surface area (TPSA) is 78.4 Å². The van der Waals surface area contributed by atoms with Gasteiger partial charge in [-0.25, -0.2) is 4.79 Å². The number of hydrogen-bond donors (Lipinski definition) is 3. The normalized spacial score (nSPS) is 22.2. The van der Waals surface area contributed by atoms with Crippen molar-refractivity contribution in [3.8, 4) is 0 Å². The number of carboxylic acids is 1. The maximum absolute atomic E-state index is 12.3. The third kappa shape index (κ3) is 2.76. The van der Waals surface area contributed by atoms with E-state index in [4.69, 9.17) is 5.11 Å². The highest BCUT2D eigenvalue weighted by atomic mass is 16.4. The first kappa shape index (κ1) is 13.5. The van der Waals surface area contributed by atoms with Gasteiger partial charge in [0.05, 0.1) is 11.1 Å². The van der Waals surface area contributed by atoms with Crippen LogP contribution in [0.5, 0.6) is 0 Å². The van der Waals surface area contributed by atoms with Gasteiger partial charge in [-0.15, -0.1) is 0 Å². The molecule has 1 atom stereocenters. The maximum Gasteiger partial charge on any atom is 0.335 e. The van der Waals surface area contributed by atoms with E-state index in [1.54, 1.807) is 12.1 Å². The first-order chi connectivity index (χ1) is 9.07. The fourth-order valence-corrected chi connectivity index (χ4v) is 2.44. The number of hydrogen-bond acceptors (Lipinski definition) is 3. The van der Waals surface area contributed by atoms with Crippen LogP contribution in [0.4, 0.5) is 5.69 Å².